The van der Waals surface area contributed by atoms with Gasteiger partial charge in [0.2, 0.25) is 0 Å². The SMILES string of the molecule is COCOc1ccc2c(c1)-c1ccccc1C2(COS(C)(=O)=O)COS(C)(=O)=O. The Morgan fingerprint density at radius 2 is 1.41 bits per heavy atom. The zero-order chi connectivity index (χ0) is 21.3. The fourth-order valence-electron chi connectivity index (χ4n) is 3.43. The Morgan fingerprint density at radius 1 is 0.828 bits per heavy atom. The van der Waals surface area contributed by atoms with Crippen LogP contribution in [-0.2, 0) is 38.8 Å². The first kappa shape index (κ1) is 21.7. The molecule has 0 heterocycles. The van der Waals surface area contributed by atoms with E-state index >= 15 is 0 Å². The lowest BCUT2D eigenvalue weighted by Crippen LogP contribution is -2.38. The molecule has 3 rings (SSSR count). The number of methoxy groups -OCH3 is 1. The minimum absolute atomic E-state index is 0.0694. The van der Waals surface area contributed by atoms with Gasteiger partial charge in [-0.3, -0.25) is 8.37 Å². The summed E-state index contributed by atoms with van der Waals surface area (Å²) in [7, 11) is -6.04. The van der Waals surface area contributed by atoms with Crippen molar-refractivity contribution in [1.82, 2.24) is 0 Å². The highest BCUT2D eigenvalue weighted by Crippen LogP contribution is 2.50. The van der Waals surface area contributed by atoms with Crippen LogP contribution in [0, 0.1) is 0 Å². The molecule has 0 aromatic heterocycles. The quantitative estimate of drug-likeness (QED) is 0.428. The van der Waals surface area contributed by atoms with Crippen molar-refractivity contribution in [1.29, 1.82) is 0 Å². The van der Waals surface area contributed by atoms with Crippen molar-refractivity contribution in [3.63, 3.8) is 0 Å². The van der Waals surface area contributed by atoms with Crippen LogP contribution < -0.4 is 4.74 Å². The maximum absolute atomic E-state index is 11.7. The predicted molar refractivity (Wildman–Crippen MR) is 107 cm³/mol. The second kappa shape index (κ2) is 8.04. The Hall–Kier alpha value is -1.98. The Kier molecular flexibility index (Phi) is 6.02. The third kappa shape index (κ3) is 4.78. The highest BCUT2D eigenvalue weighted by atomic mass is 32.2. The number of hydrogen-bond donors (Lipinski definition) is 0. The van der Waals surface area contributed by atoms with Gasteiger partial charge in [0.25, 0.3) is 20.2 Å². The largest absolute Gasteiger partial charge is 0.468 e. The lowest BCUT2D eigenvalue weighted by atomic mass is 9.80. The van der Waals surface area contributed by atoms with Crippen molar-refractivity contribution >= 4 is 20.2 Å². The van der Waals surface area contributed by atoms with Crippen LogP contribution >= 0.6 is 0 Å². The molecule has 0 atom stereocenters. The molecule has 1 aliphatic carbocycles. The van der Waals surface area contributed by atoms with Crippen molar-refractivity contribution in [3.8, 4) is 16.9 Å². The molecule has 0 saturated heterocycles. The van der Waals surface area contributed by atoms with E-state index in [1.54, 1.807) is 24.3 Å². The first-order chi connectivity index (χ1) is 13.6. The summed E-state index contributed by atoms with van der Waals surface area (Å²) in [5.41, 5.74) is 1.88. The molecule has 0 fully saturated rings. The molecular weight excluding hydrogens is 420 g/mol. The Balaban J connectivity index is 2.16. The van der Waals surface area contributed by atoms with Crippen LogP contribution in [0.5, 0.6) is 5.75 Å². The molecule has 0 aliphatic heterocycles. The summed E-state index contributed by atoms with van der Waals surface area (Å²) in [5.74, 6) is 0.560. The van der Waals surface area contributed by atoms with Crippen LogP contribution in [0.1, 0.15) is 11.1 Å². The third-order valence-electron chi connectivity index (χ3n) is 4.62. The first-order valence-corrected chi connectivity index (χ1v) is 12.2. The van der Waals surface area contributed by atoms with Gasteiger partial charge in [-0.15, -0.1) is 0 Å². The van der Waals surface area contributed by atoms with Crippen LogP contribution in [-0.4, -0.2) is 56.5 Å². The van der Waals surface area contributed by atoms with Gasteiger partial charge >= 0.3 is 0 Å². The van der Waals surface area contributed by atoms with Gasteiger partial charge in [0, 0.05) is 7.11 Å². The molecule has 0 spiro atoms. The molecule has 2 aromatic carbocycles. The van der Waals surface area contributed by atoms with Crippen LogP contribution in [0.3, 0.4) is 0 Å². The lowest BCUT2D eigenvalue weighted by Gasteiger charge is -2.30. The van der Waals surface area contributed by atoms with Crippen molar-refractivity contribution in [2.45, 2.75) is 5.41 Å². The molecular formula is C19H22O8S2. The smallest absolute Gasteiger partial charge is 0.264 e. The molecule has 0 bridgehead atoms. The summed E-state index contributed by atoms with van der Waals surface area (Å²) in [6.45, 7) is -0.534. The summed E-state index contributed by atoms with van der Waals surface area (Å²) < 4.78 is 67.6. The number of ether oxygens (including phenoxy) is 2. The minimum atomic E-state index is -3.77. The molecule has 1 aliphatic rings. The summed E-state index contributed by atoms with van der Waals surface area (Å²) in [4.78, 5) is 0. The standard InChI is InChI=1S/C19H22O8S2/c1-24-13-25-14-8-9-18-16(10-14)15-6-4-5-7-17(15)19(18,11-26-28(2,20)21)12-27-29(3,22)23/h4-10H,11-13H2,1-3H3. The normalized spacial score (nSPS) is 15.0. The van der Waals surface area contributed by atoms with Gasteiger partial charge in [0.1, 0.15) is 5.75 Å². The van der Waals surface area contributed by atoms with E-state index < -0.39 is 25.7 Å². The molecule has 158 valence electrons. The average Bonchev–Trinajstić information content (AvgIpc) is 2.92. The number of benzene rings is 2. The van der Waals surface area contributed by atoms with E-state index in [0.29, 0.717) is 16.9 Å². The fourth-order valence-corrected chi connectivity index (χ4v) is 4.26. The van der Waals surface area contributed by atoms with Gasteiger partial charge < -0.3 is 9.47 Å². The minimum Gasteiger partial charge on any atom is -0.468 e. The molecule has 2 aromatic rings. The number of hydrogen-bond acceptors (Lipinski definition) is 8. The predicted octanol–water partition coefficient (Wildman–Crippen LogP) is 1.89. The average molecular weight is 443 g/mol. The highest BCUT2D eigenvalue weighted by molar-refractivity contribution is 7.86. The van der Waals surface area contributed by atoms with E-state index in [1.807, 2.05) is 18.2 Å². The van der Waals surface area contributed by atoms with Gasteiger partial charge in [-0.25, -0.2) is 0 Å². The van der Waals surface area contributed by atoms with Crippen LogP contribution in [0.25, 0.3) is 11.1 Å². The van der Waals surface area contributed by atoms with Crippen LogP contribution in [0.2, 0.25) is 0 Å². The summed E-state index contributed by atoms with van der Waals surface area (Å²) in [6, 6.07) is 12.6. The first-order valence-electron chi connectivity index (χ1n) is 8.61. The molecule has 0 N–H and O–H groups in total. The second-order valence-corrected chi connectivity index (χ2v) is 10.1. The third-order valence-corrected chi connectivity index (χ3v) is 5.71. The topological polar surface area (TPSA) is 105 Å². The number of fused-ring (bicyclic) bond motifs is 3. The Labute approximate surface area is 170 Å². The maximum atomic E-state index is 11.7. The molecule has 0 amide bonds. The summed E-state index contributed by atoms with van der Waals surface area (Å²) >= 11 is 0. The molecule has 29 heavy (non-hydrogen) atoms. The Bertz CT molecular complexity index is 1070. The zero-order valence-electron chi connectivity index (χ0n) is 16.2. The van der Waals surface area contributed by atoms with Gasteiger partial charge in [-0.05, 0) is 34.4 Å². The highest BCUT2D eigenvalue weighted by Gasteiger charge is 2.45. The Morgan fingerprint density at radius 3 is 2.00 bits per heavy atom. The van der Waals surface area contributed by atoms with Gasteiger partial charge in [0.05, 0.1) is 31.1 Å². The molecule has 0 radical (unpaired) electrons. The van der Waals surface area contributed by atoms with Crippen molar-refractivity contribution in [2.24, 2.45) is 0 Å². The van der Waals surface area contributed by atoms with Gasteiger partial charge in [-0.1, -0.05) is 30.3 Å². The van der Waals surface area contributed by atoms with Crippen molar-refractivity contribution in [2.75, 3.05) is 39.6 Å². The van der Waals surface area contributed by atoms with E-state index in [-0.39, 0.29) is 20.0 Å². The number of rotatable bonds is 9. The van der Waals surface area contributed by atoms with Crippen LogP contribution in [0.4, 0.5) is 0 Å². The van der Waals surface area contributed by atoms with E-state index in [1.165, 1.54) is 7.11 Å². The fraction of sp³-hybridized carbons (Fsp3) is 0.368. The summed E-state index contributed by atoms with van der Waals surface area (Å²) in [5, 5.41) is 0. The maximum Gasteiger partial charge on any atom is 0.264 e. The van der Waals surface area contributed by atoms with Crippen molar-refractivity contribution < 1.29 is 34.7 Å². The monoisotopic (exact) mass is 442 g/mol. The molecule has 0 unspecified atom stereocenters. The van der Waals surface area contributed by atoms with E-state index in [4.69, 9.17) is 17.8 Å². The summed E-state index contributed by atoms with van der Waals surface area (Å²) in [6.07, 6.45) is 1.89. The molecule has 8 nitrogen and oxygen atoms in total. The molecule has 10 heteroatoms. The van der Waals surface area contributed by atoms with Crippen LogP contribution in [0.15, 0.2) is 42.5 Å². The van der Waals surface area contributed by atoms with E-state index in [9.17, 15) is 16.8 Å². The zero-order valence-corrected chi connectivity index (χ0v) is 17.9. The molecule has 0 saturated carbocycles. The van der Waals surface area contributed by atoms with Gasteiger partial charge in [-0.2, -0.15) is 16.8 Å². The van der Waals surface area contributed by atoms with Gasteiger partial charge in [0.15, 0.2) is 6.79 Å². The van der Waals surface area contributed by atoms with E-state index in [2.05, 4.69) is 0 Å². The van der Waals surface area contributed by atoms with E-state index in [0.717, 1.165) is 23.6 Å². The lowest BCUT2D eigenvalue weighted by molar-refractivity contribution is 0.0511. The second-order valence-electron chi connectivity index (χ2n) is 6.82. The van der Waals surface area contributed by atoms with Crippen molar-refractivity contribution in [3.05, 3.63) is 53.6 Å².